The van der Waals surface area contributed by atoms with E-state index in [4.69, 9.17) is 16.6 Å². The maximum Gasteiger partial charge on any atom is 0.327 e. The lowest BCUT2D eigenvalue weighted by atomic mass is 10.1. The van der Waals surface area contributed by atoms with E-state index in [0.29, 0.717) is 25.1 Å². The average molecular weight is 482 g/mol. The molecule has 13 heteroatoms. The molecule has 0 aromatic heterocycles. The number of unbranched alkanes of at least 4 members (excludes halogenated alkanes) is 1. The van der Waals surface area contributed by atoms with Crippen molar-refractivity contribution in [3.63, 3.8) is 0 Å². The van der Waals surface area contributed by atoms with Crippen LogP contribution < -0.4 is 27.4 Å². The first-order valence-corrected chi connectivity index (χ1v) is 12.0. The number of carbonyl (C=O) groups is 4. The van der Waals surface area contributed by atoms with Gasteiger partial charge in [0.15, 0.2) is 0 Å². The largest absolute Gasteiger partial charge is 0.480 e. The number of thiol groups is 1. The number of carboxylic acid groups (broad SMARTS) is 1. The van der Waals surface area contributed by atoms with E-state index in [0.717, 1.165) is 0 Å². The topological polar surface area (TPSA) is 197 Å². The van der Waals surface area contributed by atoms with E-state index in [-0.39, 0.29) is 18.6 Å². The lowest BCUT2D eigenvalue weighted by molar-refractivity contribution is -0.141. The molecular formula is C18H35N5O6S2. The molecule has 0 radical (unpaired) electrons. The zero-order chi connectivity index (χ0) is 24.0. The van der Waals surface area contributed by atoms with E-state index in [1.807, 2.05) is 6.26 Å². The van der Waals surface area contributed by atoms with Crippen molar-refractivity contribution >= 4 is 48.1 Å². The molecule has 0 spiro atoms. The molecule has 0 bridgehead atoms. The van der Waals surface area contributed by atoms with Crippen molar-refractivity contribution in [2.45, 2.75) is 62.9 Å². The third kappa shape index (κ3) is 11.6. The summed E-state index contributed by atoms with van der Waals surface area (Å²) < 4.78 is 0. The number of carbonyl (C=O) groups excluding carboxylic acids is 3. The summed E-state index contributed by atoms with van der Waals surface area (Å²) in [4.78, 5) is 48.8. The van der Waals surface area contributed by atoms with Crippen LogP contribution >= 0.6 is 24.4 Å². The van der Waals surface area contributed by atoms with E-state index in [2.05, 4.69) is 28.6 Å². The molecule has 180 valence electrons. The fraction of sp³-hybridized carbons (Fsp3) is 0.778. The van der Waals surface area contributed by atoms with Gasteiger partial charge in [-0.3, -0.25) is 14.4 Å². The summed E-state index contributed by atoms with van der Waals surface area (Å²) in [6, 6.07) is -4.41. The average Bonchev–Trinajstić information content (AvgIpc) is 2.72. The second-order valence-electron chi connectivity index (χ2n) is 7.04. The first kappa shape index (κ1) is 29.5. The number of nitrogens with two attached hydrogens (primary N) is 2. The van der Waals surface area contributed by atoms with Crippen molar-refractivity contribution in [3.8, 4) is 0 Å². The maximum absolute atomic E-state index is 12.9. The molecule has 9 N–H and O–H groups in total. The Morgan fingerprint density at radius 2 is 1.48 bits per heavy atom. The second-order valence-corrected chi connectivity index (χ2v) is 8.39. The van der Waals surface area contributed by atoms with Crippen LogP contribution in [0.2, 0.25) is 0 Å². The summed E-state index contributed by atoms with van der Waals surface area (Å²) in [5, 5.41) is 26.1. The SMILES string of the molecule is CSCCC(NC(=O)C(CCCCN)NC(=O)C(N)C(C)O)C(=O)NC(CS)C(=O)O. The van der Waals surface area contributed by atoms with E-state index in [1.165, 1.54) is 18.7 Å². The fourth-order valence-corrected chi connectivity index (χ4v) is 3.20. The Bertz CT molecular complexity index is 596. The highest BCUT2D eigenvalue weighted by Crippen LogP contribution is 2.06. The minimum Gasteiger partial charge on any atom is -0.480 e. The van der Waals surface area contributed by atoms with Gasteiger partial charge < -0.3 is 37.6 Å². The van der Waals surface area contributed by atoms with Crippen molar-refractivity contribution in [2.75, 3.05) is 24.3 Å². The lowest BCUT2D eigenvalue weighted by Gasteiger charge is -2.25. The van der Waals surface area contributed by atoms with Gasteiger partial charge in [-0.1, -0.05) is 0 Å². The number of rotatable bonds is 16. The van der Waals surface area contributed by atoms with Crippen LogP contribution in [-0.4, -0.2) is 88.5 Å². The Kier molecular flexibility index (Phi) is 15.3. The minimum absolute atomic E-state index is 0.112. The van der Waals surface area contributed by atoms with Gasteiger partial charge in [0, 0.05) is 5.75 Å². The van der Waals surface area contributed by atoms with Gasteiger partial charge in [0.25, 0.3) is 0 Å². The van der Waals surface area contributed by atoms with Crippen LogP contribution in [0.3, 0.4) is 0 Å². The molecule has 0 aromatic rings. The van der Waals surface area contributed by atoms with E-state index in [1.54, 1.807) is 0 Å². The molecule has 0 saturated heterocycles. The first-order valence-electron chi connectivity index (χ1n) is 9.96. The van der Waals surface area contributed by atoms with Gasteiger partial charge in [0.05, 0.1) is 6.10 Å². The van der Waals surface area contributed by atoms with Crippen LogP contribution in [0.1, 0.15) is 32.6 Å². The Morgan fingerprint density at radius 1 is 0.968 bits per heavy atom. The van der Waals surface area contributed by atoms with Crippen LogP contribution in [0.15, 0.2) is 0 Å². The van der Waals surface area contributed by atoms with Gasteiger partial charge in [-0.15, -0.1) is 0 Å². The van der Waals surface area contributed by atoms with Crippen LogP contribution in [0.4, 0.5) is 0 Å². The number of hydrogen-bond acceptors (Lipinski definition) is 9. The van der Waals surface area contributed by atoms with Gasteiger partial charge >= 0.3 is 5.97 Å². The van der Waals surface area contributed by atoms with Gasteiger partial charge in [-0.05, 0) is 51.2 Å². The number of aliphatic carboxylic acids is 1. The normalized spacial score (nSPS) is 15.8. The van der Waals surface area contributed by atoms with Gasteiger partial charge in [0.2, 0.25) is 17.7 Å². The Morgan fingerprint density at radius 3 is 1.94 bits per heavy atom. The molecule has 5 atom stereocenters. The third-order valence-electron chi connectivity index (χ3n) is 4.44. The van der Waals surface area contributed by atoms with E-state index < -0.39 is 54.0 Å². The van der Waals surface area contributed by atoms with E-state index >= 15 is 0 Å². The Balaban J connectivity index is 5.36. The maximum atomic E-state index is 12.9. The fourth-order valence-electron chi connectivity index (χ4n) is 2.48. The molecule has 5 unspecified atom stereocenters. The number of thioether (sulfide) groups is 1. The van der Waals surface area contributed by atoms with Crippen molar-refractivity contribution in [1.82, 2.24) is 16.0 Å². The number of aliphatic hydroxyl groups excluding tert-OH is 1. The summed E-state index contributed by atoms with van der Waals surface area (Å²) in [5.41, 5.74) is 11.1. The van der Waals surface area contributed by atoms with Crippen LogP contribution in [0, 0.1) is 0 Å². The lowest BCUT2D eigenvalue weighted by Crippen LogP contribution is -2.58. The summed E-state index contributed by atoms with van der Waals surface area (Å²) in [6.45, 7) is 1.77. The Hall–Kier alpha value is -1.54. The number of nitrogens with one attached hydrogen (secondary N) is 3. The van der Waals surface area contributed by atoms with Crippen LogP contribution in [-0.2, 0) is 19.2 Å². The quantitative estimate of drug-likeness (QED) is 0.0911. The van der Waals surface area contributed by atoms with Gasteiger partial charge in [-0.25, -0.2) is 4.79 Å². The van der Waals surface area contributed by atoms with Crippen molar-refractivity contribution in [3.05, 3.63) is 0 Å². The summed E-state index contributed by atoms with van der Waals surface area (Å²) in [6.07, 6.45) is 2.41. The predicted octanol–water partition coefficient (Wildman–Crippen LogP) is -1.95. The van der Waals surface area contributed by atoms with Crippen molar-refractivity contribution < 1.29 is 29.4 Å². The molecule has 31 heavy (non-hydrogen) atoms. The summed E-state index contributed by atoms with van der Waals surface area (Å²) in [7, 11) is 0. The molecule has 0 saturated carbocycles. The van der Waals surface area contributed by atoms with Crippen LogP contribution in [0.25, 0.3) is 0 Å². The number of carboxylic acids is 1. The first-order chi connectivity index (χ1) is 14.6. The summed E-state index contributed by atoms with van der Waals surface area (Å²) >= 11 is 5.37. The van der Waals surface area contributed by atoms with Gasteiger partial charge in [-0.2, -0.15) is 24.4 Å². The molecule has 0 aromatic carbocycles. The smallest absolute Gasteiger partial charge is 0.327 e. The molecule has 0 aliphatic rings. The number of aliphatic hydroxyl groups is 1. The zero-order valence-corrected chi connectivity index (χ0v) is 19.6. The Labute approximate surface area is 192 Å². The molecule has 0 rings (SSSR count). The van der Waals surface area contributed by atoms with Crippen molar-refractivity contribution in [2.24, 2.45) is 11.5 Å². The third-order valence-corrected chi connectivity index (χ3v) is 5.45. The van der Waals surface area contributed by atoms with E-state index in [9.17, 15) is 24.3 Å². The van der Waals surface area contributed by atoms with Crippen molar-refractivity contribution in [1.29, 1.82) is 0 Å². The molecule has 3 amide bonds. The molecule has 0 aliphatic carbocycles. The standard InChI is InChI=1S/C18H35N5O6S2/c1-10(24)14(20)17(27)22-11(5-3-4-7-19)15(25)21-12(6-8-31-2)16(26)23-13(9-30)18(28)29/h10-14,24,30H,3-9,19-20H2,1-2H3,(H,21,25)(H,22,27)(H,23,26)(H,28,29). The number of amides is 3. The monoisotopic (exact) mass is 481 g/mol. The zero-order valence-electron chi connectivity index (χ0n) is 17.9. The highest BCUT2D eigenvalue weighted by molar-refractivity contribution is 7.98. The van der Waals surface area contributed by atoms with Gasteiger partial charge in [0.1, 0.15) is 24.2 Å². The molecule has 0 fully saturated rings. The molecule has 0 aliphatic heterocycles. The molecule has 11 nitrogen and oxygen atoms in total. The highest BCUT2D eigenvalue weighted by Gasteiger charge is 2.30. The summed E-state index contributed by atoms with van der Waals surface area (Å²) in [5.74, 6) is -2.78. The minimum atomic E-state index is -1.24. The second kappa shape index (κ2) is 16.1. The molecule has 0 heterocycles. The van der Waals surface area contributed by atoms with Crippen LogP contribution in [0.5, 0.6) is 0 Å². The number of hydrogen-bond donors (Lipinski definition) is 8. The molecular weight excluding hydrogens is 446 g/mol. The predicted molar refractivity (Wildman–Crippen MR) is 123 cm³/mol. The highest BCUT2D eigenvalue weighted by atomic mass is 32.2.